The van der Waals surface area contributed by atoms with Crippen LogP contribution in [0.25, 0.3) is 0 Å². The summed E-state index contributed by atoms with van der Waals surface area (Å²) in [4.78, 5) is 15.6. The third-order valence-corrected chi connectivity index (χ3v) is 4.94. The van der Waals surface area contributed by atoms with Gasteiger partial charge in [-0.2, -0.15) is 0 Å². The topological polar surface area (TPSA) is 49.8 Å². The van der Waals surface area contributed by atoms with Crippen LogP contribution in [0.1, 0.15) is 46.7 Å². The number of esters is 1. The van der Waals surface area contributed by atoms with Crippen molar-refractivity contribution >= 4 is 17.3 Å². The lowest BCUT2D eigenvalue weighted by Gasteiger charge is -2.33. The molecule has 1 aromatic heterocycles. The second-order valence-corrected chi connectivity index (χ2v) is 6.41. The molecule has 0 spiro atoms. The molecule has 112 valence electrons. The standard InChI is InChI=1S/C15H23NO3S/c1-19-15(18)14-8-7-13(20-14)11-16(9-10-17)12-5-3-2-4-6-12/h7-8,12,17H,2-6,9-11H2,1H3. The van der Waals surface area contributed by atoms with Crippen molar-refractivity contribution in [3.05, 3.63) is 21.9 Å². The Bertz CT molecular complexity index is 427. The molecule has 1 heterocycles. The molecule has 1 aliphatic carbocycles. The molecule has 1 aliphatic rings. The maximum atomic E-state index is 11.5. The number of rotatable bonds is 6. The summed E-state index contributed by atoms with van der Waals surface area (Å²) in [6.07, 6.45) is 6.33. The number of ether oxygens (including phenoxy) is 1. The molecule has 20 heavy (non-hydrogen) atoms. The lowest BCUT2D eigenvalue weighted by atomic mass is 9.94. The van der Waals surface area contributed by atoms with E-state index in [0.29, 0.717) is 17.5 Å². The third-order valence-electron chi connectivity index (χ3n) is 3.89. The Hall–Kier alpha value is -0.910. The van der Waals surface area contributed by atoms with Gasteiger partial charge in [-0.15, -0.1) is 11.3 Å². The molecule has 1 saturated carbocycles. The Kier molecular flexibility index (Phi) is 6.01. The third kappa shape index (κ3) is 4.04. The van der Waals surface area contributed by atoms with Crippen LogP contribution in [0.2, 0.25) is 0 Å². The molecule has 0 aromatic carbocycles. The minimum atomic E-state index is -0.271. The Morgan fingerprint density at radius 2 is 2.15 bits per heavy atom. The maximum Gasteiger partial charge on any atom is 0.348 e. The monoisotopic (exact) mass is 297 g/mol. The van der Waals surface area contributed by atoms with E-state index in [2.05, 4.69) is 4.90 Å². The van der Waals surface area contributed by atoms with E-state index >= 15 is 0 Å². The van der Waals surface area contributed by atoms with Crippen molar-refractivity contribution in [2.24, 2.45) is 0 Å². The molecule has 0 radical (unpaired) electrons. The second kappa shape index (κ2) is 7.76. The number of methoxy groups -OCH3 is 1. The predicted octanol–water partition coefficient (Wildman–Crippen LogP) is 2.66. The van der Waals surface area contributed by atoms with Crippen molar-refractivity contribution in [1.82, 2.24) is 4.90 Å². The molecular formula is C15H23NO3S. The number of thiophene rings is 1. The van der Waals surface area contributed by atoms with Gasteiger partial charge in [0.15, 0.2) is 0 Å². The fourth-order valence-corrected chi connectivity index (χ4v) is 3.79. The van der Waals surface area contributed by atoms with Crippen LogP contribution in [-0.2, 0) is 11.3 Å². The SMILES string of the molecule is COC(=O)c1ccc(CN(CCO)C2CCCCC2)s1. The van der Waals surface area contributed by atoms with Gasteiger partial charge in [0.2, 0.25) is 0 Å². The number of aliphatic hydroxyl groups is 1. The largest absolute Gasteiger partial charge is 0.465 e. The van der Waals surface area contributed by atoms with Gasteiger partial charge in [0.05, 0.1) is 13.7 Å². The average molecular weight is 297 g/mol. The number of hydrogen-bond donors (Lipinski definition) is 1. The van der Waals surface area contributed by atoms with Crippen molar-refractivity contribution in [3.63, 3.8) is 0 Å². The van der Waals surface area contributed by atoms with Crippen LogP contribution in [0.5, 0.6) is 0 Å². The van der Waals surface area contributed by atoms with E-state index in [4.69, 9.17) is 4.74 Å². The van der Waals surface area contributed by atoms with Gasteiger partial charge < -0.3 is 9.84 Å². The molecule has 1 aromatic rings. The summed E-state index contributed by atoms with van der Waals surface area (Å²) in [5, 5.41) is 9.26. The van der Waals surface area contributed by atoms with Crippen LogP contribution in [0.15, 0.2) is 12.1 Å². The predicted molar refractivity (Wildman–Crippen MR) is 80.0 cm³/mol. The molecule has 1 fully saturated rings. The summed E-state index contributed by atoms with van der Waals surface area (Å²) in [5.74, 6) is -0.271. The summed E-state index contributed by atoms with van der Waals surface area (Å²) in [6.45, 7) is 1.70. The molecule has 0 bridgehead atoms. The van der Waals surface area contributed by atoms with Gasteiger partial charge in [0.1, 0.15) is 4.88 Å². The highest BCUT2D eigenvalue weighted by molar-refractivity contribution is 7.13. The minimum Gasteiger partial charge on any atom is -0.465 e. The summed E-state index contributed by atoms with van der Waals surface area (Å²) in [5.41, 5.74) is 0. The van der Waals surface area contributed by atoms with E-state index in [1.165, 1.54) is 50.6 Å². The number of carbonyl (C=O) groups is 1. The van der Waals surface area contributed by atoms with Crippen molar-refractivity contribution < 1.29 is 14.6 Å². The molecule has 0 atom stereocenters. The molecule has 0 amide bonds. The second-order valence-electron chi connectivity index (χ2n) is 5.24. The minimum absolute atomic E-state index is 0.186. The zero-order chi connectivity index (χ0) is 14.4. The fraction of sp³-hybridized carbons (Fsp3) is 0.667. The first kappa shape index (κ1) is 15.5. The van der Waals surface area contributed by atoms with Crippen molar-refractivity contribution in [3.8, 4) is 0 Å². The lowest BCUT2D eigenvalue weighted by Crippen LogP contribution is -2.38. The van der Waals surface area contributed by atoms with Gasteiger partial charge in [-0.25, -0.2) is 4.79 Å². The Labute approximate surface area is 124 Å². The molecule has 0 saturated heterocycles. The van der Waals surface area contributed by atoms with E-state index in [1.807, 2.05) is 12.1 Å². The zero-order valence-electron chi connectivity index (χ0n) is 12.0. The number of aliphatic hydroxyl groups excluding tert-OH is 1. The molecule has 1 N–H and O–H groups in total. The van der Waals surface area contributed by atoms with E-state index < -0.39 is 0 Å². The van der Waals surface area contributed by atoms with E-state index in [-0.39, 0.29) is 12.6 Å². The van der Waals surface area contributed by atoms with Gasteiger partial charge in [0.25, 0.3) is 0 Å². The van der Waals surface area contributed by atoms with Crippen molar-refractivity contribution in [2.75, 3.05) is 20.3 Å². The van der Waals surface area contributed by atoms with Crippen LogP contribution in [0.3, 0.4) is 0 Å². The first-order chi connectivity index (χ1) is 9.74. The molecular weight excluding hydrogens is 274 g/mol. The van der Waals surface area contributed by atoms with Crippen LogP contribution >= 0.6 is 11.3 Å². The molecule has 5 heteroatoms. The van der Waals surface area contributed by atoms with E-state index in [1.54, 1.807) is 0 Å². The normalized spacial score (nSPS) is 16.6. The van der Waals surface area contributed by atoms with Gasteiger partial charge >= 0.3 is 5.97 Å². The number of nitrogens with zero attached hydrogens (tertiary/aromatic N) is 1. The van der Waals surface area contributed by atoms with Crippen molar-refractivity contribution in [1.29, 1.82) is 0 Å². The van der Waals surface area contributed by atoms with Gasteiger partial charge in [-0.1, -0.05) is 19.3 Å². The summed E-state index contributed by atoms with van der Waals surface area (Å²) < 4.78 is 4.74. The van der Waals surface area contributed by atoms with Crippen LogP contribution in [0.4, 0.5) is 0 Å². The highest BCUT2D eigenvalue weighted by Gasteiger charge is 2.21. The average Bonchev–Trinajstić information content (AvgIpc) is 2.95. The summed E-state index contributed by atoms with van der Waals surface area (Å²) >= 11 is 1.49. The van der Waals surface area contributed by atoms with Gasteiger partial charge in [0, 0.05) is 24.0 Å². The molecule has 0 aliphatic heterocycles. The first-order valence-electron chi connectivity index (χ1n) is 7.26. The first-order valence-corrected chi connectivity index (χ1v) is 8.08. The maximum absolute atomic E-state index is 11.5. The van der Waals surface area contributed by atoms with Crippen LogP contribution in [-0.4, -0.2) is 42.3 Å². The van der Waals surface area contributed by atoms with Crippen LogP contribution in [0, 0.1) is 0 Å². The highest BCUT2D eigenvalue weighted by atomic mass is 32.1. The van der Waals surface area contributed by atoms with Gasteiger partial charge in [-0.3, -0.25) is 4.90 Å². The Balaban J connectivity index is 1.99. The highest BCUT2D eigenvalue weighted by Crippen LogP contribution is 2.26. The Morgan fingerprint density at radius 1 is 1.40 bits per heavy atom. The smallest absolute Gasteiger partial charge is 0.348 e. The van der Waals surface area contributed by atoms with Gasteiger partial charge in [-0.05, 0) is 25.0 Å². The zero-order valence-corrected chi connectivity index (χ0v) is 12.8. The molecule has 0 unspecified atom stereocenters. The number of carbonyl (C=O) groups excluding carboxylic acids is 1. The Morgan fingerprint density at radius 3 is 2.80 bits per heavy atom. The summed E-state index contributed by atoms with van der Waals surface area (Å²) in [7, 11) is 1.40. The molecule has 2 rings (SSSR count). The fourth-order valence-electron chi connectivity index (χ4n) is 2.84. The van der Waals surface area contributed by atoms with E-state index in [0.717, 1.165) is 11.4 Å². The quantitative estimate of drug-likeness (QED) is 0.820. The van der Waals surface area contributed by atoms with Crippen molar-refractivity contribution in [2.45, 2.75) is 44.7 Å². The summed E-state index contributed by atoms with van der Waals surface area (Å²) in [6, 6.07) is 4.38. The number of hydrogen-bond acceptors (Lipinski definition) is 5. The molecule has 4 nitrogen and oxygen atoms in total. The van der Waals surface area contributed by atoms with Crippen LogP contribution < -0.4 is 0 Å². The lowest BCUT2D eigenvalue weighted by molar-refractivity contribution is 0.0606. The van der Waals surface area contributed by atoms with E-state index in [9.17, 15) is 9.90 Å².